The monoisotopic (exact) mass is 220 g/mol. The summed E-state index contributed by atoms with van der Waals surface area (Å²) in [6.45, 7) is 0. The topological polar surface area (TPSA) is 18.5 Å². The zero-order chi connectivity index (χ0) is 10.8. The van der Waals surface area contributed by atoms with Gasteiger partial charge in [-0.25, -0.2) is 0 Å². The van der Waals surface area contributed by atoms with Crippen LogP contribution in [-0.4, -0.2) is 14.2 Å². The summed E-state index contributed by atoms with van der Waals surface area (Å²) in [5, 5.41) is 2.13. The number of ether oxygens (including phenoxy) is 2. The first-order valence-electron chi connectivity index (χ1n) is 4.60. The van der Waals surface area contributed by atoms with Crippen molar-refractivity contribution in [3.63, 3.8) is 0 Å². The summed E-state index contributed by atoms with van der Waals surface area (Å²) in [4.78, 5) is 0.814. The lowest BCUT2D eigenvalue weighted by Gasteiger charge is -2.09. The van der Waals surface area contributed by atoms with E-state index in [2.05, 4.69) is 12.6 Å². The molecule has 0 atom stereocenters. The summed E-state index contributed by atoms with van der Waals surface area (Å²) in [5.74, 6) is 1.63. The number of benzene rings is 2. The second kappa shape index (κ2) is 4.03. The highest BCUT2D eigenvalue weighted by atomic mass is 32.1. The predicted octanol–water partition coefficient (Wildman–Crippen LogP) is 3.15. The van der Waals surface area contributed by atoms with Gasteiger partial charge in [-0.2, -0.15) is 0 Å². The Morgan fingerprint density at radius 2 is 1.73 bits per heavy atom. The maximum absolute atomic E-state index is 5.28. The summed E-state index contributed by atoms with van der Waals surface area (Å²) in [6, 6.07) is 9.82. The molecule has 15 heavy (non-hydrogen) atoms. The minimum absolute atomic E-state index is 0.777. The van der Waals surface area contributed by atoms with Crippen LogP contribution in [-0.2, 0) is 0 Å². The molecule has 0 aliphatic rings. The average Bonchev–Trinajstić information content (AvgIpc) is 2.27. The van der Waals surface area contributed by atoms with Crippen molar-refractivity contribution < 1.29 is 9.47 Å². The van der Waals surface area contributed by atoms with E-state index in [1.807, 2.05) is 30.3 Å². The van der Waals surface area contributed by atoms with Crippen LogP contribution in [0.5, 0.6) is 11.5 Å². The third kappa shape index (κ3) is 1.75. The van der Waals surface area contributed by atoms with Crippen LogP contribution in [0.25, 0.3) is 10.8 Å². The molecule has 0 bridgehead atoms. The summed E-state index contributed by atoms with van der Waals surface area (Å²) < 4.78 is 10.5. The average molecular weight is 220 g/mol. The Balaban J connectivity index is 2.74. The molecule has 0 unspecified atom stereocenters. The Kier molecular flexibility index (Phi) is 2.73. The summed E-state index contributed by atoms with van der Waals surface area (Å²) in [6.07, 6.45) is 0. The highest BCUT2D eigenvalue weighted by molar-refractivity contribution is 7.80. The van der Waals surface area contributed by atoms with Crippen molar-refractivity contribution in [3.8, 4) is 11.5 Å². The lowest BCUT2D eigenvalue weighted by Crippen LogP contribution is -1.88. The van der Waals surface area contributed by atoms with Crippen molar-refractivity contribution in [2.45, 2.75) is 4.90 Å². The molecule has 0 N–H and O–H groups in total. The molecule has 2 aromatic rings. The van der Waals surface area contributed by atoms with E-state index in [1.54, 1.807) is 14.2 Å². The van der Waals surface area contributed by atoms with Crippen molar-refractivity contribution in [1.29, 1.82) is 0 Å². The van der Waals surface area contributed by atoms with Gasteiger partial charge in [0, 0.05) is 10.3 Å². The molecule has 0 heterocycles. The number of fused-ring (bicyclic) bond motifs is 1. The molecule has 0 radical (unpaired) electrons. The van der Waals surface area contributed by atoms with Crippen LogP contribution >= 0.6 is 12.6 Å². The van der Waals surface area contributed by atoms with Gasteiger partial charge in [0.1, 0.15) is 11.5 Å². The van der Waals surface area contributed by atoms with E-state index in [0.717, 1.165) is 27.2 Å². The first-order valence-corrected chi connectivity index (χ1v) is 5.04. The Hall–Kier alpha value is -1.35. The van der Waals surface area contributed by atoms with Gasteiger partial charge in [0.25, 0.3) is 0 Å². The fourth-order valence-electron chi connectivity index (χ4n) is 1.61. The minimum atomic E-state index is 0.777. The van der Waals surface area contributed by atoms with Crippen molar-refractivity contribution >= 4 is 23.4 Å². The van der Waals surface area contributed by atoms with Crippen LogP contribution in [0.4, 0.5) is 0 Å². The maximum atomic E-state index is 5.28. The highest BCUT2D eigenvalue weighted by Crippen LogP contribution is 2.33. The van der Waals surface area contributed by atoms with Gasteiger partial charge in [0.05, 0.1) is 14.2 Å². The zero-order valence-corrected chi connectivity index (χ0v) is 9.54. The number of thiol groups is 1. The Morgan fingerprint density at radius 3 is 2.40 bits per heavy atom. The van der Waals surface area contributed by atoms with E-state index in [1.165, 1.54) is 0 Å². The van der Waals surface area contributed by atoms with E-state index in [-0.39, 0.29) is 0 Å². The van der Waals surface area contributed by atoms with Crippen LogP contribution in [0.2, 0.25) is 0 Å². The molecule has 0 saturated carbocycles. The number of methoxy groups -OCH3 is 2. The molecule has 2 rings (SSSR count). The van der Waals surface area contributed by atoms with E-state index < -0.39 is 0 Å². The van der Waals surface area contributed by atoms with Crippen molar-refractivity contribution in [3.05, 3.63) is 30.3 Å². The third-order valence-electron chi connectivity index (χ3n) is 2.36. The lowest BCUT2D eigenvalue weighted by atomic mass is 10.1. The Labute approximate surface area is 94.2 Å². The quantitative estimate of drug-likeness (QED) is 0.784. The largest absolute Gasteiger partial charge is 0.496 e. The SMILES string of the molecule is COc1cc2cccc(OC)c2cc1S. The van der Waals surface area contributed by atoms with Gasteiger partial charge >= 0.3 is 0 Å². The molecule has 0 aliphatic carbocycles. The molecule has 0 saturated heterocycles. The molecule has 0 aromatic heterocycles. The minimum Gasteiger partial charge on any atom is -0.496 e. The van der Waals surface area contributed by atoms with E-state index >= 15 is 0 Å². The normalized spacial score (nSPS) is 10.3. The third-order valence-corrected chi connectivity index (χ3v) is 2.71. The van der Waals surface area contributed by atoms with E-state index in [9.17, 15) is 0 Å². The van der Waals surface area contributed by atoms with Gasteiger partial charge in [-0.05, 0) is 23.6 Å². The zero-order valence-electron chi connectivity index (χ0n) is 8.65. The highest BCUT2D eigenvalue weighted by Gasteiger charge is 2.05. The van der Waals surface area contributed by atoms with Gasteiger partial charge in [0.15, 0.2) is 0 Å². The first-order chi connectivity index (χ1) is 7.26. The molecule has 2 nitrogen and oxygen atoms in total. The molecular formula is C12H12O2S. The molecule has 78 valence electrons. The van der Waals surface area contributed by atoms with E-state index in [4.69, 9.17) is 9.47 Å². The molecular weight excluding hydrogens is 208 g/mol. The molecule has 3 heteroatoms. The smallest absolute Gasteiger partial charge is 0.132 e. The fourth-order valence-corrected chi connectivity index (χ4v) is 1.89. The Bertz CT molecular complexity index is 494. The maximum Gasteiger partial charge on any atom is 0.132 e. The van der Waals surface area contributed by atoms with Gasteiger partial charge in [0.2, 0.25) is 0 Å². The molecule has 0 aliphatic heterocycles. The van der Waals surface area contributed by atoms with Crippen LogP contribution in [0.3, 0.4) is 0 Å². The van der Waals surface area contributed by atoms with Gasteiger partial charge in [-0.3, -0.25) is 0 Å². The summed E-state index contributed by atoms with van der Waals surface area (Å²) in [7, 11) is 3.30. The van der Waals surface area contributed by atoms with Gasteiger partial charge < -0.3 is 9.47 Å². The standard InChI is InChI=1S/C12H12O2S/c1-13-10-5-3-4-8-6-11(14-2)12(15)7-9(8)10/h3-7,15H,1-2H3. The fraction of sp³-hybridized carbons (Fsp3) is 0.167. The predicted molar refractivity (Wildman–Crippen MR) is 64.3 cm³/mol. The van der Waals surface area contributed by atoms with Crippen LogP contribution in [0, 0.1) is 0 Å². The van der Waals surface area contributed by atoms with Gasteiger partial charge in [-0.15, -0.1) is 12.6 Å². The number of hydrogen-bond donors (Lipinski definition) is 1. The van der Waals surface area contributed by atoms with Crippen molar-refractivity contribution in [2.75, 3.05) is 14.2 Å². The first kappa shape index (κ1) is 10.2. The molecule has 2 aromatic carbocycles. The molecule has 0 amide bonds. The second-order valence-corrected chi connectivity index (χ2v) is 3.69. The molecule has 0 fully saturated rings. The van der Waals surface area contributed by atoms with Crippen LogP contribution < -0.4 is 9.47 Å². The van der Waals surface area contributed by atoms with E-state index in [0.29, 0.717) is 0 Å². The van der Waals surface area contributed by atoms with Crippen molar-refractivity contribution in [1.82, 2.24) is 0 Å². The number of rotatable bonds is 2. The van der Waals surface area contributed by atoms with Gasteiger partial charge in [-0.1, -0.05) is 12.1 Å². The van der Waals surface area contributed by atoms with Crippen molar-refractivity contribution in [2.24, 2.45) is 0 Å². The summed E-state index contributed by atoms with van der Waals surface area (Å²) >= 11 is 4.36. The lowest BCUT2D eigenvalue weighted by molar-refractivity contribution is 0.405. The molecule has 0 spiro atoms. The van der Waals surface area contributed by atoms with Crippen LogP contribution in [0.1, 0.15) is 0 Å². The second-order valence-electron chi connectivity index (χ2n) is 3.21. The summed E-state index contributed by atoms with van der Waals surface area (Å²) in [5.41, 5.74) is 0. The number of hydrogen-bond acceptors (Lipinski definition) is 3. The van der Waals surface area contributed by atoms with Crippen LogP contribution in [0.15, 0.2) is 35.2 Å². The Morgan fingerprint density at radius 1 is 1.00 bits per heavy atom.